The van der Waals surface area contributed by atoms with E-state index >= 15 is 0 Å². The van der Waals surface area contributed by atoms with Crippen LogP contribution in [-0.2, 0) is 0 Å². The molecule has 1 aromatic carbocycles. The van der Waals surface area contributed by atoms with Crippen molar-refractivity contribution in [3.8, 4) is 11.8 Å². The Balaban J connectivity index is 2.85. The molecule has 0 spiro atoms. The van der Waals surface area contributed by atoms with Crippen LogP contribution in [0.3, 0.4) is 0 Å². The standard InChI is InChI=1S/C10H8ClFO/c11-9-5-4-8(10(12)7-9)3-1-2-6-13/h4-5,7,13H,2,6H2. The normalized spacial score (nSPS) is 9.15. The zero-order chi connectivity index (χ0) is 9.68. The Labute approximate surface area is 81.2 Å². The molecule has 0 aliphatic carbocycles. The molecule has 0 fully saturated rings. The smallest absolute Gasteiger partial charge is 0.140 e. The highest BCUT2D eigenvalue weighted by Gasteiger charge is 1.98. The van der Waals surface area contributed by atoms with Crippen molar-refractivity contribution in [2.45, 2.75) is 6.42 Å². The molecular formula is C10H8ClFO. The van der Waals surface area contributed by atoms with E-state index in [0.29, 0.717) is 17.0 Å². The van der Waals surface area contributed by atoms with E-state index in [1.54, 1.807) is 6.07 Å². The van der Waals surface area contributed by atoms with Gasteiger partial charge in [0.25, 0.3) is 0 Å². The Kier molecular flexibility index (Phi) is 3.75. The van der Waals surface area contributed by atoms with E-state index in [4.69, 9.17) is 16.7 Å². The zero-order valence-corrected chi connectivity index (χ0v) is 7.61. The van der Waals surface area contributed by atoms with Gasteiger partial charge in [0.1, 0.15) is 5.82 Å². The topological polar surface area (TPSA) is 20.2 Å². The number of halogens is 2. The fourth-order valence-corrected chi connectivity index (χ4v) is 0.963. The minimum absolute atomic E-state index is 0.0117. The summed E-state index contributed by atoms with van der Waals surface area (Å²) in [6, 6.07) is 4.31. The van der Waals surface area contributed by atoms with Gasteiger partial charge in [-0.05, 0) is 18.2 Å². The molecule has 0 bridgehead atoms. The lowest BCUT2D eigenvalue weighted by molar-refractivity contribution is 0.305. The van der Waals surface area contributed by atoms with Crippen LogP contribution in [0.1, 0.15) is 12.0 Å². The summed E-state index contributed by atoms with van der Waals surface area (Å²) in [5, 5.41) is 8.79. The fraction of sp³-hybridized carbons (Fsp3) is 0.200. The third kappa shape index (κ3) is 3.06. The Hall–Kier alpha value is -1.04. The maximum Gasteiger partial charge on any atom is 0.140 e. The van der Waals surface area contributed by atoms with Crippen LogP contribution in [0.2, 0.25) is 5.02 Å². The highest BCUT2D eigenvalue weighted by atomic mass is 35.5. The van der Waals surface area contributed by atoms with E-state index in [1.165, 1.54) is 12.1 Å². The van der Waals surface area contributed by atoms with E-state index in [-0.39, 0.29) is 6.61 Å². The predicted octanol–water partition coefficient (Wildman–Crippen LogP) is 2.21. The first-order valence-electron chi connectivity index (χ1n) is 3.79. The summed E-state index contributed by atoms with van der Waals surface area (Å²) < 4.78 is 13.0. The molecule has 0 saturated heterocycles. The van der Waals surface area contributed by atoms with Gasteiger partial charge in [-0.25, -0.2) is 4.39 Å². The van der Waals surface area contributed by atoms with Gasteiger partial charge >= 0.3 is 0 Å². The van der Waals surface area contributed by atoms with Crippen molar-refractivity contribution >= 4 is 11.6 Å². The quantitative estimate of drug-likeness (QED) is 0.686. The van der Waals surface area contributed by atoms with Crippen LogP contribution < -0.4 is 0 Å². The van der Waals surface area contributed by atoms with Gasteiger partial charge in [-0.3, -0.25) is 0 Å². The van der Waals surface area contributed by atoms with Crippen LogP contribution in [0.5, 0.6) is 0 Å². The largest absolute Gasteiger partial charge is 0.395 e. The monoisotopic (exact) mass is 198 g/mol. The lowest BCUT2D eigenvalue weighted by atomic mass is 10.2. The van der Waals surface area contributed by atoms with E-state index in [1.807, 2.05) is 0 Å². The fourth-order valence-electron chi connectivity index (χ4n) is 0.804. The van der Waals surface area contributed by atoms with E-state index in [2.05, 4.69) is 11.8 Å². The minimum atomic E-state index is -0.432. The van der Waals surface area contributed by atoms with Gasteiger partial charge in [0, 0.05) is 11.4 Å². The van der Waals surface area contributed by atoms with E-state index in [0.717, 1.165) is 0 Å². The average molecular weight is 199 g/mol. The number of hydrogen-bond donors (Lipinski definition) is 1. The average Bonchev–Trinajstić information content (AvgIpc) is 2.09. The van der Waals surface area contributed by atoms with Gasteiger partial charge < -0.3 is 5.11 Å². The number of hydrogen-bond acceptors (Lipinski definition) is 1. The molecule has 0 aliphatic rings. The maximum atomic E-state index is 13.0. The maximum absolute atomic E-state index is 13.0. The van der Waals surface area contributed by atoms with Crippen molar-refractivity contribution in [2.75, 3.05) is 6.61 Å². The summed E-state index contributed by atoms with van der Waals surface area (Å²) in [5.74, 6) is 4.79. The van der Waals surface area contributed by atoms with Crippen LogP contribution in [0, 0.1) is 17.7 Å². The first kappa shape index (κ1) is 10.0. The van der Waals surface area contributed by atoms with Crippen LogP contribution in [-0.4, -0.2) is 11.7 Å². The second-order valence-corrected chi connectivity index (χ2v) is 2.84. The van der Waals surface area contributed by atoms with Crippen LogP contribution in [0.25, 0.3) is 0 Å². The molecule has 1 rings (SSSR count). The SMILES string of the molecule is OCCC#Cc1ccc(Cl)cc1F. The third-order valence-electron chi connectivity index (χ3n) is 1.39. The second-order valence-electron chi connectivity index (χ2n) is 2.40. The summed E-state index contributed by atoms with van der Waals surface area (Å²) in [7, 11) is 0. The Morgan fingerprint density at radius 1 is 1.46 bits per heavy atom. The van der Waals surface area contributed by atoms with Crippen molar-refractivity contribution in [3.63, 3.8) is 0 Å². The molecule has 0 saturated carbocycles. The van der Waals surface area contributed by atoms with E-state index < -0.39 is 5.82 Å². The summed E-state index contributed by atoms with van der Waals surface area (Å²) in [6.07, 6.45) is 0.349. The first-order chi connectivity index (χ1) is 6.24. The molecule has 0 atom stereocenters. The van der Waals surface area contributed by atoms with Crippen LogP contribution >= 0.6 is 11.6 Å². The molecule has 0 amide bonds. The van der Waals surface area contributed by atoms with Gasteiger partial charge in [0.15, 0.2) is 0 Å². The highest BCUT2D eigenvalue weighted by Crippen LogP contribution is 2.13. The molecule has 0 aliphatic heterocycles. The van der Waals surface area contributed by atoms with Crippen LogP contribution in [0.15, 0.2) is 18.2 Å². The molecule has 0 heterocycles. The number of benzene rings is 1. The van der Waals surface area contributed by atoms with Crippen molar-refractivity contribution in [3.05, 3.63) is 34.6 Å². The molecule has 3 heteroatoms. The molecule has 1 N–H and O–H groups in total. The Morgan fingerprint density at radius 3 is 2.85 bits per heavy atom. The molecule has 1 nitrogen and oxygen atoms in total. The highest BCUT2D eigenvalue weighted by molar-refractivity contribution is 6.30. The molecule has 13 heavy (non-hydrogen) atoms. The van der Waals surface area contributed by atoms with Crippen molar-refractivity contribution in [2.24, 2.45) is 0 Å². The Morgan fingerprint density at radius 2 is 2.23 bits per heavy atom. The third-order valence-corrected chi connectivity index (χ3v) is 1.63. The van der Waals surface area contributed by atoms with Gasteiger partial charge in [-0.1, -0.05) is 23.4 Å². The molecule has 68 valence electrons. The predicted molar refractivity (Wildman–Crippen MR) is 50.0 cm³/mol. The molecule has 1 aromatic rings. The van der Waals surface area contributed by atoms with Gasteiger partial charge in [0.05, 0.1) is 12.2 Å². The molecule has 0 radical (unpaired) electrons. The van der Waals surface area contributed by atoms with Crippen molar-refractivity contribution in [1.82, 2.24) is 0 Å². The first-order valence-corrected chi connectivity index (χ1v) is 4.16. The van der Waals surface area contributed by atoms with Gasteiger partial charge in [-0.15, -0.1) is 0 Å². The van der Waals surface area contributed by atoms with Crippen molar-refractivity contribution < 1.29 is 9.50 Å². The van der Waals surface area contributed by atoms with Crippen LogP contribution in [0.4, 0.5) is 4.39 Å². The molecular weight excluding hydrogens is 191 g/mol. The summed E-state index contributed by atoms with van der Waals surface area (Å²) >= 11 is 5.55. The summed E-state index contributed by atoms with van der Waals surface area (Å²) in [6.45, 7) is -0.0117. The summed E-state index contributed by atoms with van der Waals surface area (Å²) in [4.78, 5) is 0. The van der Waals surface area contributed by atoms with E-state index in [9.17, 15) is 4.39 Å². The second kappa shape index (κ2) is 4.86. The number of rotatable bonds is 1. The lowest BCUT2D eigenvalue weighted by Crippen LogP contribution is -1.83. The zero-order valence-electron chi connectivity index (χ0n) is 6.85. The number of aliphatic hydroxyl groups is 1. The van der Waals surface area contributed by atoms with Gasteiger partial charge in [-0.2, -0.15) is 0 Å². The molecule has 0 aromatic heterocycles. The molecule has 0 unspecified atom stereocenters. The van der Waals surface area contributed by atoms with Gasteiger partial charge in [0.2, 0.25) is 0 Å². The lowest BCUT2D eigenvalue weighted by Gasteiger charge is -1.93. The van der Waals surface area contributed by atoms with Crippen molar-refractivity contribution in [1.29, 1.82) is 0 Å². The number of aliphatic hydroxyl groups excluding tert-OH is 1. The Bertz CT molecular complexity index is 352. The summed E-state index contributed by atoms with van der Waals surface area (Å²) in [5.41, 5.74) is 0.304. The minimum Gasteiger partial charge on any atom is -0.395 e.